The van der Waals surface area contributed by atoms with Crippen LogP contribution in [0.2, 0.25) is 18.1 Å². The van der Waals surface area contributed by atoms with Crippen molar-refractivity contribution >= 4 is 14.4 Å². The van der Waals surface area contributed by atoms with Gasteiger partial charge in [-0.2, -0.15) is 5.06 Å². The van der Waals surface area contributed by atoms with Crippen LogP contribution in [0.15, 0.2) is 0 Å². The summed E-state index contributed by atoms with van der Waals surface area (Å²) in [5.74, 6) is 0. The monoisotopic (exact) mass is 305 g/mol. The molecule has 0 heterocycles. The molecule has 0 aromatic rings. The number of rotatable bonds is 4. The molecule has 120 valence electrons. The van der Waals surface area contributed by atoms with Crippen molar-refractivity contribution in [3.05, 3.63) is 0 Å². The number of aliphatic hydroxyl groups is 1. The molecule has 0 aliphatic rings. The van der Waals surface area contributed by atoms with Crippen LogP contribution in [0.4, 0.5) is 4.79 Å². The molecule has 0 aromatic carbocycles. The third kappa shape index (κ3) is 5.81. The Kier molecular flexibility index (Phi) is 6.26. The molecule has 0 saturated heterocycles. The van der Waals surface area contributed by atoms with Crippen LogP contribution in [0, 0.1) is 0 Å². The summed E-state index contributed by atoms with van der Waals surface area (Å²) in [4.78, 5) is 12.3. The van der Waals surface area contributed by atoms with E-state index >= 15 is 0 Å². The van der Waals surface area contributed by atoms with E-state index in [4.69, 9.17) is 9.26 Å². The lowest BCUT2D eigenvalue weighted by Crippen LogP contribution is -2.53. The number of hydrogen-bond donors (Lipinski definition) is 1. The highest BCUT2D eigenvalue weighted by atomic mass is 28.4. The van der Waals surface area contributed by atoms with Crippen molar-refractivity contribution in [3.63, 3.8) is 0 Å². The molecule has 1 unspecified atom stereocenters. The molecule has 0 spiro atoms. The van der Waals surface area contributed by atoms with Gasteiger partial charge in [0.05, 0.1) is 12.6 Å². The molecular formula is C14H31NO4Si. The zero-order valence-electron chi connectivity index (χ0n) is 14.4. The van der Waals surface area contributed by atoms with Gasteiger partial charge in [0.1, 0.15) is 5.60 Å². The van der Waals surface area contributed by atoms with E-state index in [0.29, 0.717) is 0 Å². The zero-order chi connectivity index (χ0) is 16.4. The minimum Gasteiger partial charge on any atom is -0.442 e. The first-order valence-electron chi connectivity index (χ1n) is 7.03. The van der Waals surface area contributed by atoms with E-state index in [2.05, 4.69) is 33.9 Å². The largest absolute Gasteiger partial charge is 0.442 e. The van der Waals surface area contributed by atoms with Gasteiger partial charge in [-0.3, -0.25) is 0 Å². The molecule has 0 saturated carbocycles. The number of carbonyl (C=O) groups is 1. The van der Waals surface area contributed by atoms with Crippen LogP contribution in [-0.2, 0) is 9.26 Å². The second-order valence-electron chi connectivity index (χ2n) is 7.69. The number of amides is 1. The molecule has 0 aliphatic carbocycles. The summed E-state index contributed by atoms with van der Waals surface area (Å²) in [7, 11) is -2.17. The van der Waals surface area contributed by atoms with Crippen molar-refractivity contribution in [1.82, 2.24) is 5.06 Å². The minimum absolute atomic E-state index is 0.0392. The Hall–Kier alpha value is -0.593. The second kappa shape index (κ2) is 6.45. The van der Waals surface area contributed by atoms with Gasteiger partial charge in [0.25, 0.3) is 0 Å². The Morgan fingerprint density at radius 1 is 1.20 bits per heavy atom. The average molecular weight is 305 g/mol. The molecule has 1 atom stereocenters. The Morgan fingerprint density at radius 3 is 1.95 bits per heavy atom. The first kappa shape index (κ1) is 19.4. The number of aliphatic hydroxyl groups excluding tert-OH is 1. The smallest absolute Gasteiger partial charge is 0.433 e. The van der Waals surface area contributed by atoms with Crippen LogP contribution in [-0.4, -0.2) is 42.8 Å². The highest BCUT2D eigenvalue weighted by Gasteiger charge is 2.42. The van der Waals surface area contributed by atoms with Crippen LogP contribution in [0.1, 0.15) is 48.5 Å². The van der Waals surface area contributed by atoms with Gasteiger partial charge in [-0.05, 0) is 45.8 Å². The Bertz CT molecular complexity index is 331. The van der Waals surface area contributed by atoms with Gasteiger partial charge in [0, 0.05) is 0 Å². The normalized spacial score (nSPS) is 14.9. The Balaban J connectivity index is 5.15. The van der Waals surface area contributed by atoms with E-state index < -0.39 is 26.1 Å². The molecule has 20 heavy (non-hydrogen) atoms. The number of nitrogens with zero attached hydrogens (tertiary/aromatic N) is 1. The summed E-state index contributed by atoms with van der Waals surface area (Å²) in [5, 5.41) is 10.5. The summed E-state index contributed by atoms with van der Waals surface area (Å²) in [6, 6.07) is -0.445. The lowest BCUT2D eigenvalue weighted by Gasteiger charge is -2.41. The molecule has 1 amide bonds. The highest BCUT2D eigenvalue weighted by molar-refractivity contribution is 6.74. The molecule has 0 rings (SSSR count). The van der Waals surface area contributed by atoms with Crippen LogP contribution in [0.3, 0.4) is 0 Å². The highest BCUT2D eigenvalue weighted by Crippen LogP contribution is 2.37. The fraction of sp³-hybridized carbons (Fsp3) is 0.929. The second-order valence-corrected chi connectivity index (χ2v) is 12.4. The van der Waals surface area contributed by atoms with Crippen molar-refractivity contribution < 1.29 is 19.2 Å². The first-order valence-corrected chi connectivity index (χ1v) is 9.94. The molecule has 6 heteroatoms. The summed E-state index contributed by atoms with van der Waals surface area (Å²) < 4.78 is 11.4. The first-order chi connectivity index (χ1) is 8.71. The minimum atomic E-state index is -2.17. The van der Waals surface area contributed by atoms with Crippen molar-refractivity contribution in [1.29, 1.82) is 0 Å². The van der Waals surface area contributed by atoms with Crippen molar-refractivity contribution in [3.8, 4) is 0 Å². The van der Waals surface area contributed by atoms with Gasteiger partial charge in [-0.25, -0.2) is 4.79 Å². The maximum absolute atomic E-state index is 12.3. The molecule has 0 aromatic heterocycles. The van der Waals surface area contributed by atoms with Gasteiger partial charge in [0.15, 0.2) is 0 Å². The molecule has 0 radical (unpaired) electrons. The van der Waals surface area contributed by atoms with E-state index in [1.54, 1.807) is 27.7 Å². The standard InChI is InChI=1S/C14H31NO4Si/c1-11(10-16)15(12(17)18-13(2,3)4)19-20(8,9)14(5,6)7/h11,16H,10H2,1-9H3. The fourth-order valence-corrected chi connectivity index (χ4v) is 2.09. The summed E-state index contributed by atoms with van der Waals surface area (Å²) >= 11 is 0. The third-order valence-corrected chi connectivity index (χ3v) is 7.64. The summed E-state index contributed by atoms with van der Waals surface area (Å²) in [6.07, 6.45) is -0.552. The van der Waals surface area contributed by atoms with Crippen molar-refractivity contribution in [2.45, 2.75) is 78.2 Å². The molecule has 0 aliphatic heterocycles. The van der Waals surface area contributed by atoms with E-state index in [9.17, 15) is 9.90 Å². The maximum atomic E-state index is 12.3. The van der Waals surface area contributed by atoms with Gasteiger partial charge in [-0.15, -0.1) is 0 Å². The molecular weight excluding hydrogens is 274 g/mol. The van der Waals surface area contributed by atoms with Crippen molar-refractivity contribution in [2.75, 3.05) is 6.61 Å². The predicted octanol–water partition coefficient (Wildman–Crippen LogP) is 3.54. The third-order valence-electron chi connectivity index (χ3n) is 3.37. The fourth-order valence-electron chi connectivity index (χ4n) is 1.07. The van der Waals surface area contributed by atoms with E-state index in [1.165, 1.54) is 5.06 Å². The van der Waals surface area contributed by atoms with E-state index in [1.807, 2.05) is 0 Å². The SMILES string of the molecule is CC(CO)N(O[Si](C)(C)C(C)(C)C)C(=O)OC(C)(C)C. The maximum Gasteiger partial charge on any atom is 0.433 e. The number of hydroxylamine groups is 2. The van der Waals surface area contributed by atoms with Crippen LogP contribution in [0.5, 0.6) is 0 Å². The molecule has 0 bridgehead atoms. The summed E-state index contributed by atoms with van der Waals surface area (Å²) in [6.45, 7) is 17.4. The number of ether oxygens (including phenoxy) is 1. The van der Waals surface area contributed by atoms with Gasteiger partial charge < -0.3 is 14.4 Å². The summed E-state index contributed by atoms with van der Waals surface area (Å²) in [5.41, 5.74) is -0.596. The van der Waals surface area contributed by atoms with E-state index in [0.717, 1.165) is 0 Å². The van der Waals surface area contributed by atoms with Gasteiger partial charge in [0.2, 0.25) is 8.32 Å². The van der Waals surface area contributed by atoms with Crippen molar-refractivity contribution in [2.24, 2.45) is 0 Å². The van der Waals surface area contributed by atoms with Crippen LogP contribution >= 0.6 is 0 Å². The lowest BCUT2D eigenvalue weighted by atomic mass is 10.2. The molecule has 0 fully saturated rings. The number of carbonyl (C=O) groups excluding carboxylic acids is 1. The Labute approximate surface area is 124 Å². The van der Waals surface area contributed by atoms with Gasteiger partial charge >= 0.3 is 6.09 Å². The molecule has 1 N–H and O–H groups in total. The van der Waals surface area contributed by atoms with E-state index in [-0.39, 0.29) is 11.6 Å². The predicted molar refractivity (Wildman–Crippen MR) is 82.9 cm³/mol. The quantitative estimate of drug-likeness (QED) is 0.637. The molecule has 5 nitrogen and oxygen atoms in total. The topological polar surface area (TPSA) is 59.0 Å². The van der Waals surface area contributed by atoms with Crippen LogP contribution in [0.25, 0.3) is 0 Å². The van der Waals surface area contributed by atoms with Crippen LogP contribution < -0.4 is 0 Å². The Morgan fingerprint density at radius 2 is 1.65 bits per heavy atom. The zero-order valence-corrected chi connectivity index (χ0v) is 15.4. The average Bonchev–Trinajstić information content (AvgIpc) is 2.20. The lowest BCUT2D eigenvalue weighted by molar-refractivity contribution is -0.111. The number of hydrogen-bond acceptors (Lipinski definition) is 4. The van der Waals surface area contributed by atoms with Gasteiger partial charge in [-0.1, -0.05) is 20.8 Å².